The number of hydrogen-bond acceptors (Lipinski definition) is 6. The van der Waals surface area contributed by atoms with Gasteiger partial charge in [-0.3, -0.25) is 14.7 Å². The molecule has 2 N–H and O–H groups in total. The fraction of sp³-hybridized carbons (Fsp3) is 0.292. The molecule has 7 nitrogen and oxygen atoms in total. The van der Waals surface area contributed by atoms with Crippen LogP contribution < -0.4 is 20.3 Å². The predicted octanol–water partition coefficient (Wildman–Crippen LogP) is 3.38. The molecule has 32 heavy (non-hydrogen) atoms. The molecule has 1 saturated heterocycles. The van der Waals surface area contributed by atoms with Crippen LogP contribution in [0.15, 0.2) is 48.7 Å². The summed E-state index contributed by atoms with van der Waals surface area (Å²) in [4.78, 5) is 26.2. The number of carbonyl (C=O) groups is 1. The molecule has 164 valence electrons. The number of rotatable bonds is 4. The summed E-state index contributed by atoms with van der Waals surface area (Å²) in [6.07, 6.45) is 3.55. The minimum Gasteiger partial charge on any atom is -0.496 e. The van der Waals surface area contributed by atoms with Crippen LogP contribution in [0.4, 0.5) is 16.0 Å². The zero-order valence-electron chi connectivity index (χ0n) is 17.8. The van der Waals surface area contributed by atoms with E-state index >= 15 is 0 Å². The van der Waals surface area contributed by atoms with Gasteiger partial charge in [0.15, 0.2) is 0 Å². The maximum atomic E-state index is 14.8. The third-order valence-corrected chi connectivity index (χ3v) is 6.06. The summed E-state index contributed by atoms with van der Waals surface area (Å²) in [5, 5.41) is 0. The first kappa shape index (κ1) is 20.4. The molecule has 1 fully saturated rings. The van der Waals surface area contributed by atoms with Crippen molar-refractivity contribution < 1.29 is 13.9 Å². The lowest BCUT2D eigenvalue weighted by Gasteiger charge is -2.32. The monoisotopic (exact) mass is 433 g/mol. The van der Waals surface area contributed by atoms with Crippen LogP contribution in [0.1, 0.15) is 28.8 Å². The number of methoxy groups -OCH3 is 1. The van der Waals surface area contributed by atoms with E-state index in [1.807, 2.05) is 18.2 Å². The van der Waals surface area contributed by atoms with E-state index in [1.165, 1.54) is 19.4 Å². The lowest BCUT2D eigenvalue weighted by molar-refractivity contribution is 0.0996. The van der Waals surface area contributed by atoms with Gasteiger partial charge in [-0.25, -0.2) is 9.37 Å². The normalized spacial score (nSPS) is 18.1. The molecular weight excluding hydrogens is 409 g/mol. The van der Waals surface area contributed by atoms with E-state index in [0.29, 0.717) is 28.4 Å². The molecule has 1 amide bonds. The highest BCUT2D eigenvalue weighted by molar-refractivity contribution is 6.10. The average molecular weight is 433 g/mol. The van der Waals surface area contributed by atoms with Gasteiger partial charge in [-0.05, 0) is 43.2 Å². The number of pyridine rings is 2. The molecule has 1 unspecified atom stereocenters. The van der Waals surface area contributed by atoms with Crippen LogP contribution >= 0.6 is 0 Å². The molecule has 1 atom stereocenters. The van der Waals surface area contributed by atoms with Gasteiger partial charge < -0.3 is 15.4 Å². The Kier molecular flexibility index (Phi) is 5.22. The van der Waals surface area contributed by atoms with Crippen LogP contribution in [0.5, 0.6) is 5.75 Å². The Morgan fingerprint density at radius 1 is 1.16 bits per heavy atom. The van der Waals surface area contributed by atoms with Gasteiger partial charge in [0, 0.05) is 36.5 Å². The van der Waals surface area contributed by atoms with Crippen molar-refractivity contribution in [2.24, 2.45) is 5.73 Å². The second-order valence-corrected chi connectivity index (χ2v) is 8.10. The Hall–Kier alpha value is -3.52. The van der Waals surface area contributed by atoms with Crippen molar-refractivity contribution in [1.82, 2.24) is 9.97 Å². The first-order valence-corrected chi connectivity index (χ1v) is 10.7. The highest BCUT2D eigenvalue weighted by Gasteiger charge is 2.33. The van der Waals surface area contributed by atoms with E-state index in [-0.39, 0.29) is 24.1 Å². The topological polar surface area (TPSA) is 84.6 Å². The standard InChI is InChI=1S/C24H24FN5O2/c1-32-19-7-2-6-18(25)22(19)23-17-14-30(24(31)16(17)10-11-27-23)21-9-3-8-20(28-21)29-12-4-5-15(26)13-29/h2-3,6-11,15H,4-5,12-14,26H2,1H3. The molecule has 2 aliphatic heterocycles. The zero-order chi connectivity index (χ0) is 22.2. The first-order valence-electron chi connectivity index (χ1n) is 10.7. The minimum absolute atomic E-state index is 0.122. The molecule has 3 aromatic rings. The lowest BCUT2D eigenvalue weighted by atomic mass is 10.0. The molecule has 8 heteroatoms. The van der Waals surface area contributed by atoms with Crippen LogP contribution in [0, 0.1) is 5.82 Å². The number of halogens is 1. The average Bonchev–Trinajstić information content (AvgIpc) is 3.16. The van der Waals surface area contributed by atoms with Crippen LogP contribution in [0.2, 0.25) is 0 Å². The first-order chi connectivity index (χ1) is 15.6. The maximum Gasteiger partial charge on any atom is 0.260 e. The fourth-order valence-corrected chi connectivity index (χ4v) is 4.49. The Labute approximate surface area is 185 Å². The van der Waals surface area contributed by atoms with Crippen molar-refractivity contribution in [1.29, 1.82) is 0 Å². The summed E-state index contributed by atoms with van der Waals surface area (Å²) in [6, 6.07) is 12.1. The number of hydrogen-bond donors (Lipinski definition) is 1. The van der Waals surface area contributed by atoms with Crippen LogP contribution in [-0.2, 0) is 6.54 Å². The van der Waals surface area contributed by atoms with Gasteiger partial charge in [0.25, 0.3) is 5.91 Å². The summed E-state index contributed by atoms with van der Waals surface area (Å²) in [6.45, 7) is 1.88. The van der Waals surface area contributed by atoms with Gasteiger partial charge in [-0.15, -0.1) is 0 Å². The summed E-state index contributed by atoms with van der Waals surface area (Å²) in [5.41, 5.74) is 7.95. The van der Waals surface area contributed by atoms with Crippen molar-refractivity contribution in [3.8, 4) is 17.0 Å². The molecule has 5 rings (SSSR count). The number of ether oxygens (including phenoxy) is 1. The second-order valence-electron chi connectivity index (χ2n) is 8.10. The summed E-state index contributed by atoms with van der Waals surface area (Å²) >= 11 is 0. The van der Waals surface area contributed by atoms with Crippen LogP contribution in [0.25, 0.3) is 11.3 Å². The highest BCUT2D eigenvalue weighted by Crippen LogP contribution is 2.38. The van der Waals surface area contributed by atoms with Gasteiger partial charge in [-0.1, -0.05) is 12.1 Å². The number of anilines is 2. The van der Waals surface area contributed by atoms with E-state index in [2.05, 4.69) is 9.88 Å². The predicted molar refractivity (Wildman–Crippen MR) is 120 cm³/mol. The fourth-order valence-electron chi connectivity index (χ4n) is 4.49. The van der Waals surface area contributed by atoms with Gasteiger partial charge >= 0.3 is 0 Å². The molecule has 1 aromatic carbocycles. The Balaban J connectivity index is 1.51. The number of aromatic nitrogens is 2. The van der Waals surface area contributed by atoms with E-state index in [9.17, 15) is 9.18 Å². The molecule has 0 aliphatic carbocycles. The Bertz CT molecular complexity index is 1180. The second kappa shape index (κ2) is 8.20. The molecular formula is C24H24FN5O2. The third-order valence-electron chi connectivity index (χ3n) is 6.06. The van der Waals surface area contributed by atoms with E-state index in [1.54, 1.807) is 23.1 Å². The van der Waals surface area contributed by atoms with Gasteiger partial charge in [-0.2, -0.15) is 0 Å². The Morgan fingerprint density at radius 2 is 1.97 bits per heavy atom. The van der Waals surface area contributed by atoms with E-state index in [4.69, 9.17) is 15.5 Å². The SMILES string of the molecule is COc1cccc(F)c1-c1nccc2c1CN(c1cccc(N3CCCC(N)C3)n1)C2=O. The van der Waals surface area contributed by atoms with Gasteiger partial charge in [0.1, 0.15) is 23.2 Å². The van der Waals surface area contributed by atoms with Crippen molar-refractivity contribution in [2.75, 3.05) is 30.0 Å². The molecule has 4 heterocycles. The van der Waals surface area contributed by atoms with E-state index in [0.717, 1.165) is 31.7 Å². The summed E-state index contributed by atoms with van der Waals surface area (Å²) < 4.78 is 20.1. The van der Waals surface area contributed by atoms with Gasteiger partial charge in [0.2, 0.25) is 0 Å². The Morgan fingerprint density at radius 3 is 2.78 bits per heavy atom. The van der Waals surface area contributed by atoms with Crippen LogP contribution in [0.3, 0.4) is 0 Å². The summed E-state index contributed by atoms with van der Waals surface area (Å²) in [5.74, 6) is 1.10. The number of nitrogens with zero attached hydrogens (tertiary/aromatic N) is 4. The van der Waals surface area contributed by atoms with Crippen molar-refractivity contribution >= 4 is 17.5 Å². The number of nitrogens with two attached hydrogens (primary N) is 1. The third kappa shape index (κ3) is 3.46. The molecule has 2 aromatic heterocycles. The summed E-state index contributed by atoms with van der Waals surface area (Å²) in [7, 11) is 1.49. The van der Waals surface area contributed by atoms with Crippen LogP contribution in [-0.4, -0.2) is 42.1 Å². The number of fused-ring (bicyclic) bond motifs is 1. The van der Waals surface area contributed by atoms with E-state index < -0.39 is 5.82 Å². The zero-order valence-corrected chi connectivity index (χ0v) is 17.8. The molecule has 0 spiro atoms. The van der Waals surface area contributed by atoms with Crippen molar-refractivity contribution in [3.05, 3.63) is 65.6 Å². The molecule has 2 aliphatic rings. The molecule has 0 bridgehead atoms. The smallest absolute Gasteiger partial charge is 0.260 e. The molecule has 0 saturated carbocycles. The lowest BCUT2D eigenvalue weighted by Crippen LogP contribution is -2.43. The highest BCUT2D eigenvalue weighted by atomic mass is 19.1. The minimum atomic E-state index is -0.447. The van der Waals surface area contributed by atoms with Gasteiger partial charge in [0.05, 0.1) is 24.9 Å². The maximum absolute atomic E-state index is 14.8. The van der Waals surface area contributed by atoms with Crippen molar-refractivity contribution in [2.45, 2.75) is 25.4 Å². The quantitative estimate of drug-likeness (QED) is 0.679. The number of carbonyl (C=O) groups excluding carboxylic acids is 1. The molecule has 0 radical (unpaired) electrons. The number of piperidine rings is 1. The number of benzene rings is 1. The van der Waals surface area contributed by atoms with Crippen molar-refractivity contribution in [3.63, 3.8) is 0 Å². The number of amides is 1. The largest absolute Gasteiger partial charge is 0.496 e.